The molecule has 3 rings (SSSR count). The van der Waals surface area contributed by atoms with E-state index in [2.05, 4.69) is 4.90 Å². The van der Waals surface area contributed by atoms with Crippen molar-refractivity contribution in [1.82, 2.24) is 9.80 Å². The van der Waals surface area contributed by atoms with E-state index in [1.54, 1.807) is 4.90 Å². The maximum Gasteiger partial charge on any atom is 0.410 e. The third-order valence-electron chi connectivity index (χ3n) is 6.30. The lowest BCUT2D eigenvalue weighted by atomic mass is 9.82. The molecular formula is C19H32N2O4. The number of hydrogen-bond acceptors (Lipinski definition) is 4. The summed E-state index contributed by atoms with van der Waals surface area (Å²) in [5.41, 5.74) is -0.984. The third kappa shape index (κ3) is 3.94. The number of fused-ring (bicyclic) bond motifs is 2. The number of ether oxygens (including phenoxy) is 1. The van der Waals surface area contributed by atoms with E-state index in [0.29, 0.717) is 19.0 Å². The molecule has 6 heteroatoms. The van der Waals surface area contributed by atoms with Gasteiger partial charge in [-0.25, -0.2) is 4.79 Å². The molecule has 0 aromatic carbocycles. The first-order valence-electron chi connectivity index (χ1n) is 9.49. The quantitative estimate of drug-likeness (QED) is 0.824. The number of carboxylic acids is 1. The van der Waals surface area contributed by atoms with Crippen LogP contribution in [0.25, 0.3) is 0 Å². The summed E-state index contributed by atoms with van der Waals surface area (Å²) in [7, 11) is 2.03. The predicted molar refractivity (Wildman–Crippen MR) is 94.4 cm³/mol. The molecule has 0 aromatic rings. The maximum atomic E-state index is 12.2. The molecule has 25 heavy (non-hydrogen) atoms. The van der Waals surface area contributed by atoms with Gasteiger partial charge in [-0.2, -0.15) is 0 Å². The summed E-state index contributed by atoms with van der Waals surface area (Å²) in [6, 6.07) is 0. The van der Waals surface area contributed by atoms with Crippen molar-refractivity contribution < 1.29 is 19.4 Å². The third-order valence-corrected chi connectivity index (χ3v) is 6.30. The Morgan fingerprint density at radius 2 is 1.92 bits per heavy atom. The first-order chi connectivity index (χ1) is 11.6. The van der Waals surface area contributed by atoms with Crippen molar-refractivity contribution in [3.8, 4) is 0 Å². The predicted octanol–water partition coefficient (Wildman–Crippen LogP) is 2.82. The van der Waals surface area contributed by atoms with E-state index in [4.69, 9.17) is 4.74 Å². The Kier molecular flexibility index (Phi) is 4.77. The topological polar surface area (TPSA) is 70.1 Å². The first-order valence-corrected chi connectivity index (χ1v) is 9.49. The minimum atomic E-state index is -0.802. The van der Waals surface area contributed by atoms with Crippen molar-refractivity contribution in [2.24, 2.45) is 17.8 Å². The Labute approximate surface area is 150 Å². The van der Waals surface area contributed by atoms with Crippen molar-refractivity contribution in [3.63, 3.8) is 0 Å². The first kappa shape index (κ1) is 18.5. The molecule has 0 spiro atoms. The van der Waals surface area contributed by atoms with Gasteiger partial charge >= 0.3 is 12.1 Å². The van der Waals surface area contributed by atoms with Crippen LogP contribution in [0.3, 0.4) is 0 Å². The largest absolute Gasteiger partial charge is 0.481 e. The van der Waals surface area contributed by atoms with E-state index in [9.17, 15) is 14.7 Å². The number of carbonyl (C=O) groups is 2. The highest BCUT2D eigenvalue weighted by molar-refractivity contribution is 5.73. The number of carbonyl (C=O) groups excluding carboxylic acids is 1. The Bertz CT molecular complexity index is 536. The van der Waals surface area contributed by atoms with Crippen LogP contribution in [0, 0.1) is 17.8 Å². The molecule has 1 aliphatic heterocycles. The number of likely N-dealkylation sites (tertiary alicyclic amines) is 1. The highest BCUT2D eigenvalue weighted by Gasteiger charge is 2.52. The molecule has 1 saturated heterocycles. The fraction of sp³-hybridized carbons (Fsp3) is 0.895. The van der Waals surface area contributed by atoms with Gasteiger partial charge < -0.3 is 14.7 Å². The molecule has 2 saturated carbocycles. The number of rotatable bonds is 5. The molecular weight excluding hydrogens is 320 g/mol. The van der Waals surface area contributed by atoms with Gasteiger partial charge in [0.2, 0.25) is 0 Å². The summed E-state index contributed by atoms with van der Waals surface area (Å²) in [4.78, 5) is 27.5. The Morgan fingerprint density at radius 3 is 2.40 bits per heavy atom. The average Bonchev–Trinajstić information content (AvgIpc) is 3.02. The van der Waals surface area contributed by atoms with Crippen LogP contribution in [0.4, 0.5) is 4.79 Å². The van der Waals surface area contributed by atoms with Gasteiger partial charge in [-0.3, -0.25) is 9.69 Å². The molecule has 6 nitrogen and oxygen atoms in total. The van der Waals surface area contributed by atoms with Gasteiger partial charge in [0.05, 0.1) is 12.0 Å². The monoisotopic (exact) mass is 352 g/mol. The van der Waals surface area contributed by atoms with Crippen LogP contribution >= 0.6 is 0 Å². The minimum Gasteiger partial charge on any atom is -0.481 e. The highest BCUT2D eigenvalue weighted by Crippen LogP contribution is 2.49. The van der Waals surface area contributed by atoms with Gasteiger partial charge in [0.1, 0.15) is 5.60 Å². The SMILES string of the molecule is CN(CC1CC2CCC1C2)C1(CC(=O)O)CN(C(=O)OC(C)(C)C)C1. The van der Waals surface area contributed by atoms with Crippen molar-refractivity contribution in [2.45, 2.75) is 64.0 Å². The van der Waals surface area contributed by atoms with Crippen LogP contribution in [0.5, 0.6) is 0 Å². The second kappa shape index (κ2) is 6.45. The van der Waals surface area contributed by atoms with Crippen LogP contribution in [0.2, 0.25) is 0 Å². The van der Waals surface area contributed by atoms with Gasteiger partial charge in [-0.1, -0.05) is 6.42 Å². The second-order valence-electron chi connectivity index (χ2n) is 9.45. The van der Waals surface area contributed by atoms with Crippen LogP contribution in [-0.4, -0.2) is 64.8 Å². The van der Waals surface area contributed by atoms with Gasteiger partial charge in [-0.15, -0.1) is 0 Å². The summed E-state index contributed by atoms with van der Waals surface area (Å²) < 4.78 is 5.41. The van der Waals surface area contributed by atoms with Crippen LogP contribution in [0.15, 0.2) is 0 Å². The van der Waals surface area contributed by atoms with Crippen molar-refractivity contribution in [2.75, 3.05) is 26.7 Å². The molecule has 1 amide bonds. The van der Waals surface area contributed by atoms with Crippen LogP contribution in [0.1, 0.15) is 52.9 Å². The van der Waals surface area contributed by atoms with Crippen LogP contribution < -0.4 is 0 Å². The van der Waals surface area contributed by atoms with Crippen molar-refractivity contribution in [1.29, 1.82) is 0 Å². The summed E-state index contributed by atoms with van der Waals surface area (Å²) in [5.74, 6) is 1.59. The van der Waals surface area contributed by atoms with Gasteiger partial charge in [0, 0.05) is 19.6 Å². The molecule has 142 valence electrons. The van der Waals surface area contributed by atoms with Crippen molar-refractivity contribution >= 4 is 12.1 Å². The molecule has 0 aromatic heterocycles. The Balaban J connectivity index is 1.60. The van der Waals surface area contributed by atoms with Crippen LogP contribution in [-0.2, 0) is 9.53 Å². The molecule has 3 atom stereocenters. The number of likely N-dealkylation sites (N-methyl/N-ethyl adjacent to an activating group) is 1. The number of nitrogens with zero attached hydrogens (tertiary/aromatic N) is 2. The average molecular weight is 352 g/mol. The maximum absolute atomic E-state index is 12.2. The Morgan fingerprint density at radius 1 is 1.24 bits per heavy atom. The number of amides is 1. The zero-order chi connectivity index (χ0) is 18.4. The number of hydrogen-bond donors (Lipinski definition) is 1. The fourth-order valence-corrected chi connectivity index (χ4v) is 5.03. The van der Waals surface area contributed by atoms with E-state index >= 15 is 0 Å². The Hall–Kier alpha value is -1.30. The smallest absolute Gasteiger partial charge is 0.410 e. The molecule has 3 aliphatic rings. The summed E-state index contributed by atoms with van der Waals surface area (Å²) in [6.07, 6.45) is 5.07. The van der Waals surface area contributed by atoms with E-state index in [1.165, 1.54) is 25.7 Å². The second-order valence-corrected chi connectivity index (χ2v) is 9.45. The zero-order valence-corrected chi connectivity index (χ0v) is 16.0. The van der Waals surface area contributed by atoms with E-state index in [0.717, 1.165) is 18.4 Å². The standard InChI is InChI=1S/C19H32N2O4/c1-18(2,3)25-17(24)21-11-19(12-21,9-16(22)23)20(4)10-15-8-13-5-6-14(15)7-13/h13-15H,5-12H2,1-4H3,(H,22,23). The lowest BCUT2D eigenvalue weighted by molar-refractivity contribution is -0.145. The van der Waals surface area contributed by atoms with Gasteiger partial charge in [0.15, 0.2) is 0 Å². The fourth-order valence-electron chi connectivity index (χ4n) is 5.03. The van der Waals surface area contributed by atoms with Gasteiger partial charge in [0.25, 0.3) is 0 Å². The lowest BCUT2D eigenvalue weighted by Crippen LogP contribution is -2.71. The summed E-state index contributed by atoms with van der Waals surface area (Å²) in [6.45, 7) is 7.34. The number of aliphatic carboxylic acids is 1. The summed E-state index contributed by atoms with van der Waals surface area (Å²) in [5, 5.41) is 9.38. The molecule has 0 radical (unpaired) electrons. The lowest BCUT2D eigenvalue weighted by Gasteiger charge is -2.54. The molecule has 3 fully saturated rings. The normalized spacial score (nSPS) is 30.4. The minimum absolute atomic E-state index is 0.0730. The molecule has 2 aliphatic carbocycles. The molecule has 3 unspecified atom stereocenters. The van der Waals surface area contributed by atoms with Crippen molar-refractivity contribution in [3.05, 3.63) is 0 Å². The summed E-state index contributed by atoms with van der Waals surface area (Å²) >= 11 is 0. The van der Waals surface area contributed by atoms with Gasteiger partial charge in [-0.05, 0) is 64.8 Å². The molecule has 1 N–H and O–H groups in total. The molecule has 1 heterocycles. The molecule has 2 bridgehead atoms. The highest BCUT2D eigenvalue weighted by atomic mass is 16.6. The van der Waals surface area contributed by atoms with E-state index in [-0.39, 0.29) is 12.5 Å². The number of carboxylic acid groups (broad SMARTS) is 1. The van der Waals surface area contributed by atoms with E-state index < -0.39 is 17.1 Å². The van der Waals surface area contributed by atoms with E-state index in [1.807, 2.05) is 27.8 Å². The zero-order valence-electron chi connectivity index (χ0n) is 16.0.